The lowest BCUT2D eigenvalue weighted by Crippen LogP contribution is -2.32. The van der Waals surface area contributed by atoms with E-state index in [0.717, 1.165) is 16.2 Å². The fraction of sp³-hybridized carbons (Fsp3) is 0.194. The molecule has 4 aromatic rings. The third kappa shape index (κ3) is 6.10. The number of hydrogen-bond donors (Lipinski definition) is 2. The van der Waals surface area contributed by atoms with E-state index in [2.05, 4.69) is 10.3 Å². The number of thioether (sulfide) groups is 1. The molecule has 10 nitrogen and oxygen atoms in total. The number of halogens is 2. The summed E-state index contributed by atoms with van der Waals surface area (Å²) >= 11 is 14.1. The van der Waals surface area contributed by atoms with Crippen molar-refractivity contribution in [2.24, 2.45) is 5.92 Å². The Hall–Kier alpha value is -4.10. The van der Waals surface area contributed by atoms with Crippen molar-refractivity contribution >= 4 is 81.4 Å². The van der Waals surface area contributed by atoms with Gasteiger partial charge in [-0.3, -0.25) is 19.2 Å². The number of amides is 3. The summed E-state index contributed by atoms with van der Waals surface area (Å²) in [6, 6.07) is 17.7. The fourth-order valence-electron chi connectivity index (χ4n) is 5.28. The molecule has 2 aliphatic rings. The topological polar surface area (TPSA) is 135 Å². The number of aromatic amines is 1. The number of H-pyrrole nitrogens is 1. The predicted molar refractivity (Wildman–Crippen MR) is 172 cm³/mol. The van der Waals surface area contributed by atoms with Gasteiger partial charge in [-0.15, -0.1) is 0 Å². The second-order valence-corrected chi connectivity index (χ2v) is 13.0. The first-order chi connectivity index (χ1) is 21.6. The second-order valence-electron chi connectivity index (χ2n) is 10.1. The summed E-state index contributed by atoms with van der Waals surface area (Å²) in [6.07, 6.45) is 0. The molecule has 0 spiro atoms. The Morgan fingerprint density at radius 1 is 0.956 bits per heavy atom. The molecule has 1 fully saturated rings. The number of esters is 1. The molecule has 0 bridgehead atoms. The third-order valence-corrected chi connectivity index (χ3v) is 10.4. The van der Waals surface area contributed by atoms with E-state index < -0.39 is 40.8 Å². The molecule has 230 valence electrons. The van der Waals surface area contributed by atoms with Crippen LogP contribution in [0.3, 0.4) is 0 Å². The van der Waals surface area contributed by atoms with Gasteiger partial charge in [0.15, 0.2) is 6.61 Å². The number of nitrogens with zero attached hydrogens (tertiary/aromatic N) is 1. The average Bonchev–Trinajstić information content (AvgIpc) is 3.52. The van der Waals surface area contributed by atoms with Crippen LogP contribution in [0.25, 0.3) is 0 Å². The molecular formula is C31H23Cl2N3O7S2. The zero-order valence-electron chi connectivity index (χ0n) is 23.4. The standard InChI is InChI=1S/C31H23Cl2N3O7S2/c1-2-42-30(40)16-3-8-18(9-4-16)36-28(38)24-23(25-27(35-31(41)45-25)44-26(24)29(36)39)15-5-10-19(11-6-15)43-14-22(37)34-17-7-12-20(32)21(33)13-17/h3-13,23-24,26H,2,14H2,1H3,(H,34,37)(H,35,41)/t23-,24-,26+/m0/s1. The first-order valence-electron chi connectivity index (χ1n) is 13.7. The monoisotopic (exact) mass is 683 g/mol. The summed E-state index contributed by atoms with van der Waals surface area (Å²) in [6.45, 7) is 1.65. The molecule has 0 aliphatic carbocycles. The molecule has 2 aliphatic heterocycles. The van der Waals surface area contributed by atoms with Crippen LogP contribution in [0.4, 0.5) is 11.4 Å². The SMILES string of the molecule is CCOC(=O)c1ccc(N2C(=O)[C@H]3[C@H](c4ccc(OCC(=O)Nc5ccc(Cl)c(Cl)c5)cc4)c4sc(=O)[nH]c4S[C@H]3C2=O)cc1. The lowest BCUT2D eigenvalue weighted by molar-refractivity contribution is -0.122. The minimum atomic E-state index is -0.782. The highest BCUT2D eigenvalue weighted by atomic mass is 35.5. The van der Waals surface area contributed by atoms with Gasteiger partial charge in [-0.1, -0.05) is 58.4 Å². The van der Waals surface area contributed by atoms with Crippen LogP contribution in [0.2, 0.25) is 10.0 Å². The molecule has 1 aromatic heterocycles. The van der Waals surface area contributed by atoms with E-state index in [9.17, 15) is 24.0 Å². The Labute approximate surface area is 274 Å². The molecule has 0 saturated carbocycles. The largest absolute Gasteiger partial charge is 0.484 e. The molecule has 0 radical (unpaired) electrons. The molecule has 2 N–H and O–H groups in total. The van der Waals surface area contributed by atoms with Gasteiger partial charge in [-0.25, -0.2) is 9.69 Å². The van der Waals surface area contributed by atoms with Crippen LogP contribution in [0, 0.1) is 5.92 Å². The van der Waals surface area contributed by atoms with Crippen LogP contribution >= 0.6 is 46.3 Å². The third-order valence-electron chi connectivity index (χ3n) is 7.27. The summed E-state index contributed by atoms with van der Waals surface area (Å²) in [7, 11) is 0. The summed E-state index contributed by atoms with van der Waals surface area (Å²) in [4.78, 5) is 68.8. The highest BCUT2D eigenvalue weighted by Gasteiger charge is 2.56. The summed E-state index contributed by atoms with van der Waals surface area (Å²) in [5.74, 6) is -2.68. The number of hydrogen-bond acceptors (Lipinski definition) is 9. The minimum Gasteiger partial charge on any atom is -0.484 e. The van der Waals surface area contributed by atoms with Crippen molar-refractivity contribution in [2.75, 3.05) is 23.4 Å². The van der Waals surface area contributed by atoms with E-state index >= 15 is 0 Å². The van der Waals surface area contributed by atoms with E-state index in [1.807, 2.05) is 0 Å². The van der Waals surface area contributed by atoms with E-state index in [-0.39, 0.29) is 18.1 Å². The Balaban J connectivity index is 1.22. The number of benzene rings is 3. The number of anilines is 2. The van der Waals surface area contributed by atoms with Crippen molar-refractivity contribution in [2.45, 2.75) is 23.1 Å². The van der Waals surface area contributed by atoms with Gasteiger partial charge in [0.2, 0.25) is 11.8 Å². The maximum absolute atomic E-state index is 13.9. The van der Waals surface area contributed by atoms with Crippen molar-refractivity contribution in [3.63, 3.8) is 0 Å². The van der Waals surface area contributed by atoms with Crippen molar-refractivity contribution in [1.29, 1.82) is 0 Å². The zero-order chi connectivity index (χ0) is 31.8. The second kappa shape index (κ2) is 12.7. The lowest BCUT2D eigenvalue weighted by Gasteiger charge is -2.29. The van der Waals surface area contributed by atoms with Crippen molar-refractivity contribution in [3.05, 3.63) is 102 Å². The zero-order valence-corrected chi connectivity index (χ0v) is 26.5. The summed E-state index contributed by atoms with van der Waals surface area (Å²) < 4.78 is 10.7. The van der Waals surface area contributed by atoms with E-state index in [1.165, 1.54) is 30.0 Å². The Bertz CT molecular complexity index is 1880. The van der Waals surface area contributed by atoms with Crippen molar-refractivity contribution in [1.82, 2.24) is 4.98 Å². The number of thiazole rings is 1. The van der Waals surface area contributed by atoms with Crippen LogP contribution < -0.4 is 19.8 Å². The van der Waals surface area contributed by atoms with Gasteiger partial charge in [-0.2, -0.15) is 0 Å². The molecule has 14 heteroatoms. The molecular weight excluding hydrogens is 661 g/mol. The van der Waals surface area contributed by atoms with Crippen LogP contribution in [0.5, 0.6) is 5.75 Å². The number of ether oxygens (including phenoxy) is 2. The Morgan fingerprint density at radius 2 is 1.69 bits per heavy atom. The number of nitrogens with one attached hydrogen (secondary N) is 2. The van der Waals surface area contributed by atoms with Gasteiger partial charge < -0.3 is 19.8 Å². The van der Waals surface area contributed by atoms with Crippen LogP contribution in [-0.2, 0) is 19.1 Å². The Morgan fingerprint density at radius 3 is 2.38 bits per heavy atom. The summed E-state index contributed by atoms with van der Waals surface area (Å²) in [5.41, 5.74) is 1.82. The normalized spacial score (nSPS) is 18.7. The molecule has 45 heavy (non-hydrogen) atoms. The minimum absolute atomic E-state index is 0.223. The van der Waals surface area contributed by atoms with Crippen molar-refractivity contribution in [3.8, 4) is 5.75 Å². The van der Waals surface area contributed by atoms with Gasteiger partial charge >= 0.3 is 10.8 Å². The molecule has 6 rings (SSSR count). The maximum Gasteiger partial charge on any atom is 0.338 e. The van der Waals surface area contributed by atoms with Gasteiger partial charge in [0.25, 0.3) is 5.91 Å². The molecule has 3 aromatic carbocycles. The molecule has 3 heterocycles. The average molecular weight is 685 g/mol. The first-order valence-corrected chi connectivity index (χ1v) is 16.1. The van der Waals surface area contributed by atoms with Gasteiger partial charge in [-0.05, 0) is 67.1 Å². The number of rotatable bonds is 8. The Kier molecular flexibility index (Phi) is 8.74. The van der Waals surface area contributed by atoms with Crippen LogP contribution in [0.15, 0.2) is 76.6 Å². The highest BCUT2D eigenvalue weighted by Crippen LogP contribution is 2.53. The van der Waals surface area contributed by atoms with Gasteiger partial charge in [0, 0.05) is 16.5 Å². The molecule has 0 unspecified atom stereocenters. The van der Waals surface area contributed by atoms with E-state index in [0.29, 0.717) is 48.2 Å². The molecule has 3 atom stereocenters. The highest BCUT2D eigenvalue weighted by molar-refractivity contribution is 8.00. The van der Waals surface area contributed by atoms with E-state index in [1.54, 1.807) is 55.5 Å². The predicted octanol–water partition coefficient (Wildman–Crippen LogP) is 5.73. The first kappa shape index (κ1) is 30.9. The van der Waals surface area contributed by atoms with Gasteiger partial charge in [0.05, 0.1) is 38.8 Å². The number of aromatic nitrogens is 1. The fourth-order valence-corrected chi connectivity index (χ4v) is 8.10. The van der Waals surface area contributed by atoms with Gasteiger partial charge in [0.1, 0.15) is 11.0 Å². The summed E-state index contributed by atoms with van der Waals surface area (Å²) in [5, 5.41) is 3.14. The number of carbonyl (C=O) groups is 4. The molecule has 1 saturated heterocycles. The van der Waals surface area contributed by atoms with E-state index in [4.69, 9.17) is 32.7 Å². The quantitative estimate of drug-likeness (QED) is 0.178. The molecule has 3 amide bonds. The lowest BCUT2D eigenvalue weighted by atomic mass is 9.83. The smallest absolute Gasteiger partial charge is 0.338 e. The van der Waals surface area contributed by atoms with Crippen LogP contribution in [0.1, 0.15) is 33.6 Å². The number of imide groups is 1. The maximum atomic E-state index is 13.9. The van der Waals surface area contributed by atoms with Crippen LogP contribution in [-0.4, -0.2) is 47.1 Å². The number of fused-ring (bicyclic) bond motifs is 2. The van der Waals surface area contributed by atoms with Crippen molar-refractivity contribution < 1.29 is 28.7 Å². The number of carbonyl (C=O) groups excluding carboxylic acids is 4.